The highest BCUT2D eigenvalue weighted by atomic mass is 16.6. The zero-order chi connectivity index (χ0) is 8.39. The van der Waals surface area contributed by atoms with E-state index >= 15 is 0 Å². The minimum atomic E-state index is 0.190. The molecule has 0 unspecified atom stereocenters. The molecule has 64 valence electrons. The van der Waals surface area contributed by atoms with E-state index in [0.717, 1.165) is 5.75 Å². The van der Waals surface area contributed by atoms with E-state index in [1.54, 1.807) is 18.3 Å². The molecule has 2 N–H and O–H groups in total. The lowest BCUT2D eigenvalue weighted by molar-refractivity contribution is -0.0797. The van der Waals surface area contributed by atoms with Gasteiger partial charge < -0.3 is 15.2 Å². The normalized spacial score (nSPS) is 17.0. The maximum absolute atomic E-state index is 5.46. The highest BCUT2D eigenvalue weighted by Gasteiger charge is 2.19. The van der Waals surface area contributed by atoms with E-state index in [-0.39, 0.29) is 6.10 Å². The first kappa shape index (κ1) is 7.36. The van der Waals surface area contributed by atoms with Crippen LogP contribution in [0.5, 0.6) is 5.75 Å². The van der Waals surface area contributed by atoms with Gasteiger partial charge >= 0.3 is 0 Å². The molecule has 0 radical (unpaired) electrons. The molecule has 2 heterocycles. The first-order chi connectivity index (χ1) is 5.84. The number of nitrogens with two attached hydrogens (primary N) is 1. The molecule has 12 heavy (non-hydrogen) atoms. The molecule has 2 rings (SSSR count). The molecule has 1 saturated heterocycles. The number of anilines is 1. The summed E-state index contributed by atoms with van der Waals surface area (Å²) >= 11 is 0. The van der Waals surface area contributed by atoms with Crippen LogP contribution in [0.3, 0.4) is 0 Å². The van der Waals surface area contributed by atoms with Crippen LogP contribution in [-0.4, -0.2) is 24.3 Å². The predicted molar refractivity (Wildman–Crippen MR) is 43.9 cm³/mol. The van der Waals surface area contributed by atoms with Gasteiger partial charge in [0.05, 0.1) is 19.4 Å². The van der Waals surface area contributed by atoms with Crippen molar-refractivity contribution >= 4 is 5.82 Å². The van der Waals surface area contributed by atoms with Gasteiger partial charge in [-0.3, -0.25) is 0 Å². The van der Waals surface area contributed by atoms with Gasteiger partial charge in [0.1, 0.15) is 17.7 Å². The second-order valence-corrected chi connectivity index (χ2v) is 2.70. The van der Waals surface area contributed by atoms with Crippen molar-refractivity contribution in [2.24, 2.45) is 0 Å². The Hall–Kier alpha value is -1.29. The molecule has 0 spiro atoms. The number of nitrogens with zero attached hydrogens (tertiary/aromatic N) is 1. The van der Waals surface area contributed by atoms with Crippen LogP contribution in [0, 0.1) is 0 Å². The molecule has 1 aliphatic rings. The molecule has 1 aliphatic heterocycles. The smallest absolute Gasteiger partial charge is 0.145 e. The van der Waals surface area contributed by atoms with Gasteiger partial charge in [-0.15, -0.1) is 0 Å². The lowest BCUT2D eigenvalue weighted by Gasteiger charge is -2.26. The lowest BCUT2D eigenvalue weighted by atomic mass is 10.3. The van der Waals surface area contributed by atoms with E-state index in [1.807, 2.05) is 0 Å². The zero-order valence-corrected chi connectivity index (χ0v) is 6.56. The van der Waals surface area contributed by atoms with Crippen LogP contribution in [0.2, 0.25) is 0 Å². The third-order valence-electron chi connectivity index (χ3n) is 1.67. The summed E-state index contributed by atoms with van der Waals surface area (Å²) in [7, 11) is 0. The Balaban J connectivity index is 1.98. The van der Waals surface area contributed by atoms with Crippen molar-refractivity contribution in [1.29, 1.82) is 0 Å². The third kappa shape index (κ3) is 1.48. The zero-order valence-electron chi connectivity index (χ0n) is 6.56. The summed E-state index contributed by atoms with van der Waals surface area (Å²) < 4.78 is 10.4. The van der Waals surface area contributed by atoms with E-state index in [2.05, 4.69) is 4.98 Å². The van der Waals surface area contributed by atoms with Crippen LogP contribution >= 0.6 is 0 Å². The summed E-state index contributed by atoms with van der Waals surface area (Å²) in [6, 6.07) is 3.52. The maximum Gasteiger partial charge on any atom is 0.145 e. The molecule has 0 bridgehead atoms. The molecule has 1 fully saturated rings. The van der Waals surface area contributed by atoms with Crippen LogP contribution in [0.25, 0.3) is 0 Å². The van der Waals surface area contributed by atoms with Gasteiger partial charge in [-0.25, -0.2) is 4.98 Å². The van der Waals surface area contributed by atoms with E-state index < -0.39 is 0 Å². The first-order valence-corrected chi connectivity index (χ1v) is 3.80. The molecule has 0 aromatic carbocycles. The van der Waals surface area contributed by atoms with Crippen LogP contribution in [0.15, 0.2) is 18.3 Å². The average Bonchev–Trinajstić information content (AvgIpc) is 2.00. The second kappa shape index (κ2) is 2.98. The van der Waals surface area contributed by atoms with E-state index in [1.165, 1.54) is 0 Å². The van der Waals surface area contributed by atoms with Crippen molar-refractivity contribution in [2.45, 2.75) is 6.10 Å². The quantitative estimate of drug-likeness (QED) is 0.692. The summed E-state index contributed by atoms with van der Waals surface area (Å²) in [5.41, 5.74) is 5.41. The number of hydrogen-bond acceptors (Lipinski definition) is 4. The molecule has 1 aromatic rings. The van der Waals surface area contributed by atoms with Crippen molar-refractivity contribution in [3.63, 3.8) is 0 Å². The van der Waals surface area contributed by atoms with Crippen molar-refractivity contribution in [3.05, 3.63) is 18.3 Å². The fraction of sp³-hybridized carbons (Fsp3) is 0.375. The fourth-order valence-electron chi connectivity index (χ4n) is 0.936. The monoisotopic (exact) mass is 166 g/mol. The van der Waals surface area contributed by atoms with Gasteiger partial charge in [-0.2, -0.15) is 0 Å². The first-order valence-electron chi connectivity index (χ1n) is 3.80. The van der Waals surface area contributed by atoms with Gasteiger partial charge in [0.2, 0.25) is 0 Å². The predicted octanol–water partition coefficient (Wildman–Crippen LogP) is 0.441. The molecular formula is C8H10N2O2. The van der Waals surface area contributed by atoms with E-state index in [9.17, 15) is 0 Å². The lowest BCUT2D eigenvalue weighted by Crippen LogP contribution is -2.38. The van der Waals surface area contributed by atoms with Crippen LogP contribution < -0.4 is 10.5 Å². The Morgan fingerprint density at radius 2 is 2.33 bits per heavy atom. The van der Waals surface area contributed by atoms with Crippen LogP contribution in [0.1, 0.15) is 0 Å². The summed E-state index contributed by atoms with van der Waals surface area (Å²) in [6.45, 7) is 1.34. The van der Waals surface area contributed by atoms with Gasteiger partial charge in [-0.05, 0) is 12.1 Å². The summed E-state index contributed by atoms with van der Waals surface area (Å²) in [6.07, 6.45) is 1.81. The topological polar surface area (TPSA) is 57.4 Å². The fourth-order valence-corrected chi connectivity index (χ4v) is 0.936. The van der Waals surface area contributed by atoms with Crippen molar-refractivity contribution < 1.29 is 9.47 Å². The number of nitrogen functional groups attached to an aromatic ring is 1. The molecule has 1 aromatic heterocycles. The molecule has 4 nitrogen and oxygen atoms in total. The number of aromatic nitrogens is 1. The minimum Gasteiger partial charge on any atom is -0.484 e. The highest BCUT2D eigenvalue weighted by Crippen LogP contribution is 2.15. The van der Waals surface area contributed by atoms with Gasteiger partial charge in [-0.1, -0.05) is 0 Å². The summed E-state index contributed by atoms with van der Waals surface area (Å²) in [5, 5.41) is 0. The van der Waals surface area contributed by atoms with Crippen molar-refractivity contribution in [1.82, 2.24) is 4.98 Å². The highest BCUT2D eigenvalue weighted by molar-refractivity contribution is 5.32. The average molecular weight is 166 g/mol. The van der Waals surface area contributed by atoms with Gasteiger partial charge in [0.15, 0.2) is 0 Å². The SMILES string of the molecule is Nc1ccc(OC2COC2)cn1. The van der Waals surface area contributed by atoms with Gasteiger partial charge in [0.25, 0.3) is 0 Å². The van der Waals surface area contributed by atoms with Crippen LogP contribution in [-0.2, 0) is 4.74 Å². The van der Waals surface area contributed by atoms with E-state index in [0.29, 0.717) is 19.0 Å². The number of ether oxygens (including phenoxy) is 2. The Kier molecular flexibility index (Phi) is 1.83. The number of hydrogen-bond donors (Lipinski definition) is 1. The largest absolute Gasteiger partial charge is 0.484 e. The third-order valence-corrected chi connectivity index (χ3v) is 1.67. The van der Waals surface area contributed by atoms with Crippen molar-refractivity contribution in [2.75, 3.05) is 18.9 Å². The van der Waals surface area contributed by atoms with Crippen LogP contribution in [0.4, 0.5) is 5.82 Å². The molecular weight excluding hydrogens is 156 g/mol. The number of pyridine rings is 1. The Labute approximate surface area is 70.3 Å². The molecule has 0 aliphatic carbocycles. The Bertz CT molecular complexity index is 256. The minimum absolute atomic E-state index is 0.190. The summed E-state index contributed by atoms with van der Waals surface area (Å²) in [4.78, 5) is 3.90. The Morgan fingerprint density at radius 1 is 1.50 bits per heavy atom. The summed E-state index contributed by atoms with van der Waals surface area (Å²) in [5.74, 6) is 1.25. The van der Waals surface area contributed by atoms with Gasteiger partial charge in [0, 0.05) is 0 Å². The molecule has 0 atom stereocenters. The Morgan fingerprint density at radius 3 is 2.83 bits per heavy atom. The molecule has 4 heteroatoms. The molecule has 0 saturated carbocycles. The second-order valence-electron chi connectivity index (χ2n) is 2.70. The standard InChI is InChI=1S/C8H10N2O2/c9-8-2-1-6(3-10-8)12-7-4-11-5-7/h1-3,7H,4-5H2,(H2,9,10). The van der Waals surface area contributed by atoms with E-state index in [4.69, 9.17) is 15.2 Å². The van der Waals surface area contributed by atoms with Crippen molar-refractivity contribution in [3.8, 4) is 5.75 Å². The molecule has 0 amide bonds. The number of rotatable bonds is 2. The maximum atomic E-state index is 5.46.